The molecule has 19 heavy (non-hydrogen) atoms. The highest BCUT2D eigenvalue weighted by atomic mass is 32.1. The van der Waals surface area contributed by atoms with Gasteiger partial charge in [-0.2, -0.15) is 5.10 Å². The van der Waals surface area contributed by atoms with Crippen molar-refractivity contribution in [3.8, 4) is 0 Å². The van der Waals surface area contributed by atoms with Crippen LogP contribution in [0.4, 0.5) is 0 Å². The number of thiophene rings is 1. The zero-order chi connectivity index (χ0) is 13.2. The Balaban J connectivity index is 2.00. The Bertz CT molecular complexity index is 697. The number of fused-ring (bicyclic) bond motifs is 1. The number of carbonyl (C=O) groups excluding carboxylic acids is 1. The Morgan fingerprint density at radius 1 is 1.47 bits per heavy atom. The van der Waals surface area contributed by atoms with Gasteiger partial charge >= 0.3 is 5.97 Å². The molecule has 0 N–H and O–H groups in total. The van der Waals surface area contributed by atoms with E-state index in [1.807, 2.05) is 28.4 Å². The van der Waals surface area contributed by atoms with Crippen molar-refractivity contribution >= 4 is 23.0 Å². The van der Waals surface area contributed by atoms with Crippen LogP contribution in [0.2, 0.25) is 0 Å². The summed E-state index contributed by atoms with van der Waals surface area (Å²) in [5, 5.41) is 6.21. The monoisotopic (exact) mass is 275 g/mol. The van der Waals surface area contributed by atoms with Crippen LogP contribution in [0, 0.1) is 0 Å². The van der Waals surface area contributed by atoms with E-state index in [9.17, 15) is 4.79 Å². The second-order valence-electron chi connectivity index (χ2n) is 4.05. The fourth-order valence-corrected chi connectivity index (χ4v) is 2.72. The van der Waals surface area contributed by atoms with E-state index in [-0.39, 0.29) is 5.97 Å². The first-order chi connectivity index (χ1) is 9.29. The van der Waals surface area contributed by atoms with E-state index in [2.05, 4.69) is 11.2 Å². The van der Waals surface area contributed by atoms with Gasteiger partial charge < -0.3 is 9.30 Å². The second kappa shape index (κ2) is 4.89. The lowest BCUT2D eigenvalue weighted by Gasteiger charge is -2.03. The van der Waals surface area contributed by atoms with Crippen LogP contribution in [0.5, 0.6) is 0 Å². The normalized spacial score (nSPS) is 11.0. The van der Waals surface area contributed by atoms with Crippen LogP contribution < -0.4 is 0 Å². The fraction of sp³-hybridized carbons (Fsp3) is 0.231. The molecule has 0 saturated carbocycles. The van der Waals surface area contributed by atoms with Crippen LogP contribution in [-0.2, 0) is 11.3 Å². The highest BCUT2D eigenvalue weighted by Crippen LogP contribution is 2.17. The van der Waals surface area contributed by atoms with Crippen molar-refractivity contribution in [2.75, 3.05) is 6.61 Å². The Morgan fingerprint density at radius 3 is 3.11 bits per heavy atom. The Labute approximate surface area is 114 Å². The Morgan fingerprint density at radius 2 is 2.37 bits per heavy atom. The van der Waals surface area contributed by atoms with Crippen molar-refractivity contribution in [1.82, 2.24) is 14.2 Å². The molecular weight excluding hydrogens is 262 g/mol. The lowest BCUT2D eigenvalue weighted by molar-refractivity contribution is 0.0528. The van der Waals surface area contributed by atoms with Gasteiger partial charge in [-0.15, -0.1) is 11.3 Å². The molecule has 3 rings (SSSR count). The maximum Gasteiger partial charge on any atom is 0.343 e. The number of esters is 1. The summed E-state index contributed by atoms with van der Waals surface area (Å²) in [5.74, 6) is -0.330. The number of hydrogen-bond acceptors (Lipinski definition) is 4. The summed E-state index contributed by atoms with van der Waals surface area (Å²) in [6, 6.07) is 4.09. The molecule has 0 unspecified atom stereocenters. The first kappa shape index (κ1) is 12.0. The van der Waals surface area contributed by atoms with Crippen LogP contribution in [0.15, 0.2) is 36.1 Å². The average Bonchev–Trinajstić information content (AvgIpc) is 3.09. The van der Waals surface area contributed by atoms with Gasteiger partial charge in [-0.05, 0) is 18.4 Å². The van der Waals surface area contributed by atoms with Crippen molar-refractivity contribution in [3.05, 3.63) is 46.5 Å². The molecule has 0 spiro atoms. The van der Waals surface area contributed by atoms with E-state index in [0.717, 1.165) is 12.2 Å². The van der Waals surface area contributed by atoms with E-state index in [1.165, 1.54) is 4.88 Å². The molecule has 6 heteroatoms. The lowest BCUT2D eigenvalue weighted by atomic mass is 10.3. The molecule has 0 radical (unpaired) electrons. The van der Waals surface area contributed by atoms with E-state index in [4.69, 9.17) is 4.74 Å². The zero-order valence-electron chi connectivity index (χ0n) is 10.4. The number of aromatic nitrogens is 3. The summed E-state index contributed by atoms with van der Waals surface area (Å²) in [7, 11) is 0. The molecule has 0 aliphatic rings. The minimum Gasteiger partial charge on any atom is -0.462 e. The number of hydrogen-bond donors (Lipinski definition) is 0. The minimum absolute atomic E-state index is 0.330. The quantitative estimate of drug-likeness (QED) is 0.687. The first-order valence-corrected chi connectivity index (χ1v) is 6.89. The van der Waals surface area contributed by atoms with Crippen molar-refractivity contribution in [3.63, 3.8) is 0 Å². The van der Waals surface area contributed by atoms with Crippen LogP contribution in [0.1, 0.15) is 22.2 Å². The number of carbonyl (C=O) groups is 1. The van der Waals surface area contributed by atoms with Gasteiger partial charge in [0.25, 0.3) is 0 Å². The van der Waals surface area contributed by atoms with E-state index < -0.39 is 0 Å². The molecule has 5 nitrogen and oxygen atoms in total. The van der Waals surface area contributed by atoms with Gasteiger partial charge in [0.15, 0.2) is 5.65 Å². The smallest absolute Gasteiger partial charge is 0.343 e. The summed E-state index contributed by atoms with van der Waals surface area (Å²) in [4.78, 5) is 13.1. The minimum atomic E-state index is -0.330. The lowest BCUT2D eigenvalue weighted by Crippen LogP contribution is -2.07. The Hall–Kier alpha value is -2.08. The topological polar surface area (TPSA) is 48.5 Å². The molecule has 0 amide bonds. The van der Waals surface area contributed by atoms with E-state index in [1.54, 1.807) is 29.0 Å². The number of nitrogens with zero attached hydrogens (tertiary/aromatic N) is 3. The molecule has 0 aliphatic heterocycles. The standard InChI is InChI=1S/C13H13N3O2S/c1-2-18-13(17)11-8-14-16-6-5-15(12(11)16)9-10-4-3-7-19-10/h3-8H,2,9H2,1H3. The van der Waals surface area contributed by atoms with Crippen molar-refractivity contribution in [2.24, 2.45) is 0 Å². The van der Waals surface area contributed by atoms with Gasteiger partial charge in [-0.3, -0.25) is 0 Å². The van der Waals surface area contributed by atoms with Gasteiger partial charge in [-0.1, -0.05) is 6.07 Å². The summed E-state index contributed by atoms with van der Waals surface area (Å²) in [6.07, 6.45) is 5.31. The van der Waals surface area contributed by atoms with Gasteiger partial charge in [0.2, 0.25) is 0 Å². The van der Waals surface area contributed by atoms with Gasteiger partial charge in [-0.25, -0.2) is 9.31 Å². The average molecular weight is 275 g/mol. The molecule has 0 atom stereocenters. The summed E-state index contributed by atoms with van der Waals surface area (Å²) < 4.78 is 8.75. The molecule has 0 aliphatic carbocycles. The first-order valence-electron chi connectivity index (χ1n) is 6.01. The van der Waals surface area contributed by atoms with Crippen LogP contribution in [-0.4, -0.2) is 26.8 Å². The molecule has 0 saturated heterocycles. The number of imidazole rings is 1. The summed E-state index contributed by atoms with van der Waals surface area (Å²) in [6.45, 7) is 2.89. The molecule has 98 valence electrons. The van der Waals surface area contributed by atoms with Crippen molar-refractivity contribution in [1.29, 1.82) is 0 Å². The van der Waals surface area contributed by atoms with E-state index in [0.29, 0.717) is 12.2 Å². The molecule has 3 heterocycles. The maximum absolute atomic E-state index is 11.9. The number of rotatable bonds is 4. The molecular formula is C13H13N3O2S. The molecule has 3 aromatic rings. The highest BCUT2D eigenvalue weighted by Gasteiger charge is 2.17. The third-order valence-corrected chi connectivity index (χ3v) is 3.69. The molecule has 0 bridgehead atoms. The highest BCUT2D eigenvalue weighted by molar-refractivity contribution is 7.09. The molecule has 3 aromatic heterocycles. The van der Waals surface area contributed by atoms with Crippen molar-refractivity contribution in [2.45, 2.75) is 13.5 Å². The Kier molecular flexibility index (Phi) is 3.08. The summed E-state index contributed by atoms with van der Waals surface area (Å²) in [5.41, 5.74) is 1.27. The van der Waals surface area contributed by atoms with Gasteiger partial charge in [0, 0.05) is 17.3 Å². The zero-order valence-corrected chi connectivity index (χ0v) is 11.3. The van der Waals surface area contributed by atoms with Crippen LogP contribution >= 0.6 is 11.3 Å². The SMILES string of the molecule is CCOC(=O)c1cnn2ccn(Cc3cccs3)c12. The van der Waals surface area contributed by atoms with E-state index >= 15 is 0 Å². The predicted octanol–water partition coefficient (Wildman–Crippen LogP) is 2.42. The number of ether oxygens (including phenoxy) is 1. The van der Waals surface area contributed by atoms with Gasteiger partial charge in [0.1, 0.15) is 5.56 Å². The fourth-order valence-electron chi connectivity index (χ4n) is 2.02. The third kappa shape index (κ3) is 2.15. The largest absolute Gasteiger partial charge is 0.462 e. The predicted molar refractivity (Wildman–Crippen MR) is 72.6 cm³/mol. The molecule has 0 fully saturated rings. The molecule has 0 aromatic carbocycles. The second-order valence-corrected chi connectivity index (χ2v) is 5.08. The van der Waals surface area contributed by atoms with Crippen LogP contribution in [0.3, 0.4) is 0 Å². The maximum atomic E-state index is 11.9. The van der Waals surface area contributed by atoms with Gasteiger partial charge in [0.05, 0.1) is 19.3 Å². The van der Waals surface area contributed by atoms with Crippen LogP contribution in [0.25, 0.3) is 5.65 Å². The summed E-state index contributed by atoms with van der Waals surface area (Å²) >= 11 is 1.69. The van der Waals surface area contributed by atoms with Crippen molar-refractivity contribution < 1.29 is 9.53 Å². The third-order valence-electron chi connectivity index (χ3n) is 2.83.